The van der Waals surface area contributed by atoms with Crippen LogP contribution in [0.25, 0.3) is 0 Å². The molecule has 0 spiro atoms. The normalized spacial score (nSPS) is 21.2. The molecule has 0 aliphatic carbocycles. The van der Waals surface area contributed by atoms with Crippen LogP contribution in [-0.2, 0) is 28.3 Å². The van der Waals surface area contributed by atoms with Crippen molar-refractivity contribution in [3.63, 3.8) is 0 Å². The summed E-state index contributed by atoms with van der Waals surface area (Å²) in [6, 6.07) is 23.6. The summed E-state index contributed by atoms with van der Waals surface area (Å²) in [6.45, 7) is 2.42. The van der Waals surface area contributed by atoms with Crippen molar-refractivity contribution in [2.24, 2.45) is 0 Å². The van der Waals surface area contributed by atoms with Gasteiger partial charge in [-0.15, -0.1) is 0 Å². The van der Waals surface area contributed by atoms with E-state index in [4.69, 9.17) is 44.3 Å². The highest BCUT2D eigenvalue weighted by molar-refractivity contribution is 6.42. The van der Waals surface area contributed by atoms with Crippen LogP contribution in [0, 0.1) is 0 Å². The Bertz CT molecular complexity index is 997. The highest BCUT2D eigenvalue weighted by Crippen LogP contribution is 2.39. The van der Waals surface area contributed by atoms with Gasteiger partial charge in [0.25, 0.3) is 0 Å². The fourth-order valence-corrected chi connectivity index (χ4v) is 4.40. The highest BCUT2D eigenvalue weighted by Gasteiger charge is 2.44. The van der Waals surface area contributed by atoms with Crippen LogP contribution in [0.1, 0.15) is 23.1 Å². The van der Waals surface area contributed by atoms with E-state index in [0.29, 0.717) is 34.8 Å². The maximum Gasteiger partial charge on any atom is 0.122 e. The van der Waals surface area contributed by atoms with Gasteiger partial charge in [-0.1, -0.05) is 83.3 Å². The molecule has 0 amide bonds. The summed E-state index contributed by atoms with van der Waals surface area (Å²) in [5.41, 5.74) is 2.56. The summed E-state index contributed by atoms with van der Waals surface area (Å²) in [5, 5.41) is 5.20. The second-order valence-electron chi connectivity index (χ2n) is 7.67. The zero-order valence-corrected chi connectivity index (χ0v) is 19.3. The Morgan fingerprint density at radius 3 is 2.35 bits per heavy atom. The molecule has 1 aliphatic heterocycles. The van der Waals surface area contributed by atoms with Gasteiger partial charge >= 0.3 is 0 Å². The van der Waals surface area contributed by atoms with E-state index in [0.717, 1.165) is 29.7 Å². The Morgan fingerprint density at radius 1 is 0.839 bits per heavy atom. The van der Waals surface area contributed by atoms with Gasteiger partial charge in [0, 0.05) is 11.6 Å². The predicted octanol–water partition coefficient (Wildman–Crippen LogP) is 6.64. The molecular formula is C25H24Cl3NO2. The maximum atomic E-state index is 6.67. The SMILES string of the molecule is Clc1ccc(C2(OCc3ccccc3)CCNCC2OCc2ccc(Cl)c(Cl)c2)cc1. The molecule has 1 aliphatic rings. The van der Waals surface area contributed by atoms with Crippen molar-refractivity contribution in [2.45, 2.75) is 31.3 Å². The molecule has 31 heavy (non-hydrogen) atoms. The van der Waals surface area contributed by atoms with Crippen molar-refractivity contribution in [3.05, 3.63) is 105 Å². The van der Waals surface area contributed by atoms with Crippen molar-refractivity contribution in [1.29, 1.82) is 0 Å². The van der Waals surface area contributed by atoms with Crippen LogP contribution in [0.15, 0.2) is 72.8 Å². The minimum atomic E-state index is -0.595. The second-order valence-corrected chi connectivity index (χ2v) is 8.92. The molecule has 1 N–H and O–H groups in total. The average Bonchev–Trinajstić information content (AvgIpc) is 2.80. The number of hydrogen-bond acceptors (Lipinski definition) is 3. The van der Waals surface area contributed by atoms with Gasteiger partial charge < -0.3 is 14.8 Å². The summed E-state index contributed by atoms with van der Waals surface area (Å²) in [5.74, 6) is 0. The first kappa shape index (κ1) is 22.6. The van der Waals surface area contributed by atoms with Gasteiger partial charge in [-0.05, 0) is 53.9 Å². The zero-order valence-electron chi connectivity index (χ0n) is 17.0. The molecule has 4 rings (SSSR count). The monoisotopic (exact) mass is 475 g/mol. The number of nitrogens with one attached hydrogen (secondary N) is 1. The summed E-state index contributed by atoms with van der Waals surface area (Å²) < 4.78 is 13.1. The number of rotatable bonds is 7. The fourth-order valence-electron chi connectivity index (χ4n) is 3.95. The maximum absolute atomic E-state index is 6.67. The summed E-state index contributed by atoms with van der Waals surface area (Å²) in [6.07, 6.45) is 0.591. The van der Waals surface area contributed by atoms with Gasteiger partial charge in [0.15, 0.2) is 0 Å². The quantitative estimate of drug-likeness (QED) is 0.415. The molecule has 6 heteroatoms. The Balaban J connectivity index is 1.60. The molecule has 3 nitrogen and oxygen atoms in total. The van der Waals surface area contributed by atoms with E-state index >= 15 is 0 Å². The number of halogens is 3. The molecule has 1 fully saturated rings. The largest absolute Gasteiger partial charge is 0.369 e. The molecule has 162 valence electrons. The molecule has 1 saturated heterocycles. The molecule has 2 atom stereocenters. The van der Waals surface area contributed by atoms with Gasteiger partial charge in [0.05, 0.1) is 23.3 Å². The fraction of sp³-hybridized carbons (Fsp3) is 0.280. The van der Waals surface area contributed by atoms with Crippen LogP contribution >= 0.6 is 34.8 Å². The number of hydrogen-bond donors (Lipinski definition) is 1. The van der Waals surface area contributed by atoms with Crippen LogP contribution < -0.4 is 5.32 Å². The minimum Gasteiger partial charge on any atom is -0.369 e. The lowest BCUT2D eigenvalue weighted by atomic mass is 9.82. The molecule has 1 heterocycles. The van der Waals surface area contributed by atoms with Crippen molar-refractivity contribution < 1.29 is 9.47 Å². The highest BCUT2D eigenvalue weighted by atomic mass is 35.5. The van der Waals surface area contributed by atoms with E-state index in [9.17, 15) is 0 Å². The first-order valence-electron chi connectivity index (χ1n) is 10.3. The standard InChI is InChI=1S/C25H24Cl3NO2/c26-21-9-7-20(8-10-21)25(31-17-18-4-2-1-3-5-18)12-13-29-15-24(25)30-16-19-6-11-22(27)23(28)14-19/h1-11,14,24,29H,12-13,15-17H2. The van der Waals surface area contributed by atoms with Gasteiger partial charge in [0.1, 0.15) is 11.7 Å². The summed E-state index contributed by atoms with van der Waals surface area (Å²) in [4.78, 5) is 0. The first-order valence-corrected chi connectivity index (χ1v) is 11.4. The predicted molar refractivity (Wildman–Crippen MR) is 127 cm³/mol. The molecule has 2 unspecified atom stereocenters. The summed E-state index contributed by atoms with van der Waals surface area (Å²) in [7, 11) is 0. The minimum absolute atomic E-state index is 0.194. The number of benzene rings is 3. The third kappa shape index (κ3) is 5.43. The van der Waals surface area contributed by atoms with E-state index in [-0.39, 0.29) is 6.10 Å². The average molecular weight is 477 g/mol. The van der Waals surface area contributed by atoms with Crippen LogP contribution in [0.4, 0.5) is 0 Å². The van der Waals surface area contributed by atoms with E-state index in [2.05, 4.69) is 17.4 Å². The van der Waals surface area contributed by atoms with Crippen LogP contribution in [0.2, 0.25) is 15.1 Å². The molecule has 3 aromatic rings. The van der Waals surface area contributed by atoms with E-state index in [1.54, 1.807) is 6.07 Å². The third-order valence-electron chi connectivity index (χ3n) is 5.63. The molecular weight excluding hydrogens is 453 g/mol. The van der Waals surface area contributed by atoms with E-state index in [1.807, 2.05) is 54.6 Å². The van der Waals surface area contributed by atoms with Gasteiger partial charge in [-0.25, -0.2) is 0 Å². The van der Waals surface area contributed by atoms with Gasteiger partial charge in [-0.2, -0.15) is 0 Å². The van der Waals surface area contributed by atoms with Crippen molar-refractivity contribution in [3.8, 4) is 0 Å². The smallest absolute Gasteiger partial charge is 0.122 e. The van der Waals surface area contributed by atoms with E-state index < -0.39 is 5.60 Å². The Morgan fingerprint density at radius 2 is 1.61 bits per heavy atom. The van der Waals surface area contributed by atoms with Crippen LogP contribution in [-0.4, -0.2) is 19.2 Å². The molecule has 0 bridgehead atoms. The van der Waals surface area contributed by atoms with Crippen molar-refractivity contribution >= 4 is 34.8 Å². The van der Waals surface area contributed by atoms with Crippen LogP contribution in [0.3, 0.4) is 0 Å². The topological polar surface area (TPSA) is 30.5 Å². The molecule has 0 radical (unpaired) electrons. The lowest BCUT2D eigenvalue weighted by Gasteiger charge is -2.44. The molecule has 0 aromatic heterocycles. The number of ether oxygens (including phenoxy) is 2. The Labute approximate surface area is 198 Å². The lowest BCUT2D eigenvalue weighted by Crippen LogP contribution is -2.54. The second kappa shape index (κ2) is 10.4. The number of piperidine rings is 1. The van der Waals surface area contributed by atoms with Gasteiger partial charge in [0.2, 0.25) is 0 Å². The van der Waals surface area contributed by atoms with Crippen LogP contribution in [0.5, 0.6) is 0 Å². The van der Waals surface area contributed by atoms with Crippen molar-refractivity contribution in [1.82, 2.24) is 5.32 Å². The first-order chi connectivity index (χ1) is 15.1. The summed E-state index contributed by atoms with van der Waals surface area (Å²) >= 11 is 18.4. The Hall–Kier alpha value is -1.59. The zero-order chi connectivity index (χ0) is 21.7. The molecule has 0 saturated carbocycles. The third-order valence-corrected chi connectivity index (χ3v) is 6.62. The van der Waals surface area contributed by atoms with E-state index in [1.165, 1.54) is 0 Å². The Kier molecular flexibility index (Phi) is 7.55. The van der Waals surface area contributed by atoms with Gasteiger partial charge in [-0.3, -0.25) is 0 Å². The molecule has 3 aromatic carbocycles. The lowest BCUT2D eigenvalue weighted by molar-refractivity contribution is -0.176. The van der Waals surface area contributed by atoms with Crippen molar-refractivity contribution in [2.75, 3.05) is 13.1 Å².